The second kappa shape index (κ2) is 15.1. The molecule has 4 rings (SSSR count). The van der Waals surface area contributed by atoms with Crippen LogP contribution >= 0.6 is 0 Å². The summed E-state index contributed by atoms with van der Waals surface area (Å²) in [6, 6.07) is 21.8. The number of aliphatic carboxylic acids is 1. The molecular formula is C31H33N5O7. The van der Waals surface area contributed by atoms with Crippen LogP contribution in [0.1, 0.15) is 33.7 Å². The first-order valence-corrected chi connectivity index (χ1v) is 13.6. The Kier molecular flexibility index (Phi) is 10.8. The highest BCUT2D eigenvalue weighted by atomic mass is 16.5. The Morgan fingerprint density at radius 2 is 1.65 bits per heavy atom. The van der Waals surface area contributed by atoms with Crippen molar-refractivity contribution >= 4 is 34.9 Å². The third kappa shape index (κ3) is 9.13. The first kappa shape index (κ1) is 30.7. The van der Waals surface area contributed by atoms with E-state index in [1.807, 2.05) is 30.3 Å². The second-order valence-electron chi connectivity index (χ2n) is 9.70. The molecule has 3 aromatic carbocycles. The summed E-state index contributed by atoms with van der Waals surface area (Å²) in [5, 5.41) is 14.3. The Hall–Kier alpha value is -5.23. The lowest BCUT2D eigenvalue weighted by atomic mass is 10.1. The highest BCUT2D eigenvalue weighted by Crippen LogP contribution is 2.15. The number of para-hydroxylation sites is 2. The average molecular weight is 588 g/mol. The molecule has 0 aliphatic carbocycles. The van der Waals surface area contributed by atoms with E-state index in [0.29, 0.717) is 5.82 Å². The van der Waals surface area contributed by atoms with Gasteiger partial charge in [0.05, 0.1) is 30.6 Å². The minimum Gasteiger partial charge on any atom is -0.480 e. The number of rotatable bonds is 14. The lowest BCUT2D eigenvalue weighted by molar-refractivity contribution is -0.139. The molecular weight excluding hydrogens is 554 g/mol. The Morgan fingerprint density at radius 1 is 0.930 bits per heavy atom. The van der Waals surface area contributed by atoms with Crippen molar-refractivity contribution in [2.75, 3.05) is 20.3 Å². The van der Waals surface area contributed by atoms with E-state index in [9.17, 15) is 24.3 Å². The van der Waals surface area contributed by atoms with Crippen LogP contribution in [0.5, 0.6) is 0 Å². The number of nitrogens with one attached hydrogen (secondary N) is 3. The van der Waals surface area contributed by atoms with Crippen LogP contribution in [0, 0.1) is 0 Å². The van der Waals surface area contributed by atoms with Gasteiger partial charge in [-0.1, -0.05) is 54.6 Å². The fourth-order valence-electron chi connectivity index (χ4n) is 4.23. The van der Waals surface area contributed by atoms with E-state index in [4.69, 9.17) is 9.47 Å². The number of carboxylic acids is 1. The maximum absolute atomic E-state index is 12.9. The number of ether oxygens (including phenoxy) is 2. The monoisotopic (exact) mass is 587 g/mol. The number of fused-ring (bicyclic) bond motifs is 1. The maximum atomic E-state index is 12.9. The van der Waals surface area contributed by atoms with Gasteiger partial charge in [-0.15, -0.1) is 0 Å². The van der Waals surface area contributed by atoms with Crippen molar-refractivity contribution in [3.63, 3.8) is 0 Å². The number of carbonyl (C=O) groups is 4. The van der Waals surface area contributed by atoms with Crippen molar-refractivity contribution in [3.8, 4) is 0 Å². The summed E-state index contributed by atoms with van der Waals surface area (Å²) < 4.78 is 10.1. The van der Waals surface area contributed by atoms with E-state index in [1.165, 1.54) is 7.11 Å². The number of hydrogen-bond acceptors (Lipinski definition) is 7. The van der Waals surface area contributed by atoms with Crippen molar-refractivity contribution in [3.05, 3.63) is 101 Å². The zero-order valence-corrected chi connectivity index (χ0v) is 23.6. The number of carbonyl (C=O) groups excluding carboxylic acids is 3. The summed E-state index contributed by atoms with van der Waals surface area (Å²) in [7, 11) is 1.53. The van der Waals surface area contributed by atoms with Gasteiger partial charge in [0.1, 0.15) is 18.5 Å². The van der Waals surface area contributed by atoms with Gasteiger partial charge in [-0.25, -0.2) is 14.6 Å². The molecule has 43 heavy (non-hydrogen) atoms. The summed E-state index contributed by atoms with van der Waals surface area (Å²) in [4.78, 5) is 58.9. The van der Waals surface area contributed by atoms with Gasteiger partial charge in [0.25, 0.3) is 5.91 Å². The Balaban J connectivity index is 1.33. The molecule has 1 aromatic heterocycles. The summed E-state index contributed by atoms with van der Waals surface area (Å²) in [6.07, 6.45) is -0.711. The molecule has 1 atom stereocenters. The number of benzene rings is 3. The van der Waals surface area contributed by atoms with E-state index < -0.39 is 24.0 Å². The van der Waals surface area contributed by atoms with Crippen LogP contribution in [-0.2, 0) is 38.8 Å². The average Bonchev–Trinajstić information content (AvgIpc) is 3.43. The van der Waals surface area contributed by atoms with Crippen LogP contribution in [0.15, 0.2) is 78.9 Å². The van der Waals surface area contributed by atoms with Crippen molar-refractivity contribution in [1.82, 2.24) is 25.5 Å². The van der Waals surface area contributed by atoms with Crippen LogP contribution < -0.4 is 10.6 Å². The SMILES string of the molecule is COCCC(=O)N(Cc1ccc(C(=O)NCC(NC(=O)OCc2ccccc2)C(=O)O)cc1)Cc1nc2ccccc2[nH]1. The van der Waals surface area contributed by atoms with Crippen LogP contribution in [-0.4, -0.2) is 70.2 Å². The zero-order chi connectivity index (χ0) is 30.6. The first-order valence-electron chi connectivity index (χ1n) is 13.6. The Labute approximate surface area is 248 Å². The standard InChI is InChI=1S/C31H33N5O7/c1-42-16-15-28(37)36(19-27-33-24-9-5-6-10-25(24)34-27)18-21-11-13-23(14-12-21)29(38)32-17-26(30(39)40)35-31(41)43-20-22-7-3-2-4-8-22/h2-14,26H,15-20H2,1H3,(H,32,38)(H,33,34)(H,35,41)(H,39,40). The van der Waals surface area contributed by atoms with Crippen LogP contribution in [0.25, 0.3) is 11.0 Å². The van der Waals surface area contributed by atoms with Gasteiger partial charge in [-0.3, -0.25) is 9.59 Å². The minimum absolute atomic E-state index is 0.0224. The van der Waals surface area contributed by atoms with E-state index in [0.717, 1.165) is 22.2 Å². The summed E-state index contributed by atoms with van der Waals surface area (Å²) >= 11 is 0. The molecule has 12 heteroatoms. The third-order valence-electron chi connectivity index (χ3n) is 6.51. The van der Waals surface area contributed by atoms with Crippen LogP contribution in [0.4, 0.5) is 4.79 Å². The van der Waals surface area contributed by atoms with Gasteiger partial charge in [0, 0.05) is 25.8 Å². The van der Waals surface area contributed by atoms with Gasteiger partial charge >= 0.3 is 12.1 Å². The number of carboxylic acid groups (broad SMARTS) is 1. The molecule has 12 nitrogen and oxygen atoms in total. The van der Waals surface area contributed by atoms with Gasteiger partial charge in [-0.2, -0.15) is 0 Å². The molecule has 0 aliphatic rings. The number of aromatic amines is 1. The molecule has 0 aliphatic heterocycles. The number of amides is 3. The third-order valence-corrected chi connectivity index (χ3v) is 6.51. The van der Waals surface area contributed by atoms with E-state index >= 15 is 0 Å². The zero-order valence-electron chi connectivity index (χ0n) is 23.6. The van der Waals surface area contributed by atoms with E-state index in [-0.39, 0.29) is 50.7 Å². The number of H-pyrrole nitrogens is 1. The second-order valence-corrected chi connectivity index (χ2v) is 9.70. The van der Waals surface area contributed by atoms with Crippen molar-refractivity contribution in [2.45, 2.75) is 32.2 Å². The molecule has 4 N–H and O–H groups in total. The minimum atomic E-state index is -1.39. The van der Waals surface area contributed by atoms with E-state index in [2.05, 4.69) is 20.6 Å². The quantitative estimate of drug-likeness (QED) is 0.175. The fraction of sp³-hybridized carbons (Fsp3) is 0.258. The number of aromatic nitrogens is 2. The molecule has 1 unspecified atom stereocenters. The van der Waals surface area contributed by atoms with Gasteiger partial charge in [-0.05, 0) is 35.4 Å². The predicted molar refractivity (Wildman–Crippen MR) is 157 cm³/mol. The lowest BCUT2D eigenvalue weighted by Gasteiger charge is -2.22. The topological polar surface area (TPSA) is 163 Å². The number of nitrogens with zero attached hydrogens (tertiary/aromatic N) is 2. The molecule has 0 bridgehead atoms. The molecule has 0 saturated heterocycles. The molecule has 3 amide bonds. The van der Waals surface area contributed by atoms with Gasteiger partial charge in [0.2, 0.25) is 5.91 Å². The number of methoxy groups -OCH3 is 1. The molecule has 0 spiro atoms. The summed E-state index contributed by atoms with van der Waals surface area (Å²) in [6.45, 7) is 0.445. The molecule has 0 saturated carbocycles. The van der Waals surface area contributed by atoms with Crippen molar-refractivity contribution < 1.29 is 33.8 Å². The highest BCUT2D eigenvalue weighted by Gasteiger charge is 2.22. The molecule has 224 valence electrons. The molecule has 1 heterocycles. The molecule has 0 radical (unpaired) electrons. The Bertz CT molecular complexity index is 1510. The molecule has 4 aromatic rings. The largest absolute Gasteiger partial charge is 0.480 e. The van der Waals surface area contributed by atoms with Crippen LogP contribution in [0.3, 0.4) is 0 Å². The van der Waals surface area contributed by atoms with Gasteiger partial charge in [0.15, 0.2) is 0 Å². The number of imidazole rings is 1. The van der Waals surface area contributed by atoms with E-state index in [1.54, 1.807) is 53.4 Å². The van der Waals surface area contributed by atoms with Gasteiger partial charge < -0.3 is 35.1 Å². The highest BCUT2D eigenvalue weighted by molar-refractivity contribution is 5.94. The molecule has 0 fully saturated rings. The summed E-state index contributed by atoms with van der Waals surface area (Å²) in [5.74, 6) is -1.31. The van der Waals surface area contributed by atoms with Crippen molar-refractivity contribution in [1.29, 1.82) is 0 Å². The smallest absolute Gasteiger partial charge is 0.408 e. The van der Waals surface area contributed by atoms with Crippen LogP contribution in [0.2, 0.25) is 0 Å². The number of hydrogen-bond donors (Lipinski definition) is 4. The predicted octanol–water partition coefficient (Wildman–Crippen LogP) is 3.24. The van der Waals surface area contributed by atoms with Crippen molar-refractivity contribution in [2.24, 2.45) is 0 Å². The summed E-state index contributed by atoms with van der Waals surface area (Å²) in [5.41, 5.74) is 3.50. The first-order chi connectivity index (χ1) is 20.8. The Morgan fingerprint density at radius 3 is 2.35 bits per heavy atom. The normalized spacial score (nSPS) is 11.5. The fourth-order valence-corrected chi connectivity index (χ4v) is 4.23. The maximum Gasteiger partial charge on any atom is 0.408 e. The number of alkyl carbamates (subject to hydrolysis) is 1. The lowest BCUT2D eigenvalue weighted by Crippen LogP contribution is -2.48.